The fourth-order valence-corrected chi connectivity index (χ4v) is 7.39. The number of hydrazine groups is 1. The van der Waals surface area contributed by atoms with Crippen LogP contribution in [0.2, 0.25) is 0 Å². The summed E-state index contributed by atoms with van der Waals surface area (Å²) < 4.78 is 1.62. The van der Waals surface area contributed by atoms with Crippen molar-refractivity contribution in [3.8, 4) is 0 Å². The summed E-state index contributed by atoms with van der Waals surface area (Å²) in [5.41, 5.74) is 2.42. The molecule has 0 aliphatic heterocycles. The average molecular weight is 320 g/mol. The van der Waals surface area contributed by atoms with E-state index in [9.17, 15) is 0 Å². The molecule has 4 saturated carbocycles. The van der Waals surface area contributed by atoms with Gasteiger partial charge < -0.3 is 0 Å². The van der Waals surface area contributed by atoms with Crippen molar-refractivity contribution in [1.29, 1.82) is 0 Å². The van der Waals surface area contributed by atoms with Crippen molar-refractivity contribution in [2.75, 3.05) is 12.0 Å². The molecule has 0 spiro atoms. The summed E-state index contributed by atoms with van der Waals surface area (Å²) in [6.45, 7) is 0. The van der Waals surface area contributed by atoms with Crippen molar-refractivity contribution < 1.29 is 4.05 Å². The summed E-state index contributed by atoms with van der Waals surface area (Å²) in [6.07, 6.45) is 7.47. The molecule has 0 heterocycles. The molecule has 1 aromatic carbocycles. The normalized spacial score (nSPS) is 43.4. The number of rotatable bonds is 4. The number of benzene rings is 1. The van der Waals surface area contributed by atoms with Crippen LogP contribution in [-0.4, -0.2) is 22.1 Å². The fourth-order valence-electron chi connectivity index (χ4n) is 6.06. The van der Waals surface area contributed by atoms with Crippen LogP contribution < -0.4 is 5.84 Å². The average Bonchev–Trinajstić information content (AvgIpc) is 2.82. The number of thioether (sulfide) groups is 1. The first-order chi connectivity index (χ1) is 10.1. The molecular weight excluding hydrogens is 296 g/mol. The van der Waals surface area contributed by atoms with Crippen molar-refractivity contribution in [2.45, 2.75) is 37.1 Å². The molecule has 4 fully saturated rings. The van der Waals surface area contributed by atoms with E-state index in [1.165, 1.54) is 31.4 Å². The second kappa shape index (κ2) is 4.69. The smallest absolute Gasteiger partial charge is 0.197 e. The van der Waals surface area contributed by atoms with E-state index >= 15 is 0 Å². The van der Waals surface area contributed by atoms with Crippen LogP contribution in [0.15, 0.2) is 30.3 Å². The van der Waals surface area contributed by atoms with Gasteiger partial charge in [0.05, 0.1) is 0 Å². The van der Waals surface area contributed by atoms with Crippen molar-refractivity contribution in [2.24, 2.45) is 23.1 Å². The predicted octanol–water partition coefficient (Wildman–Crippen LogP) is 3.09. The maximum absolute atomic E-state index is 6.05. The lowest BCUT2D eigenvalue weighted by Gasteiger charge is -2.41. The molecule has 2 nitrogen and oxygen atoms in total. The van der Waals surface area contributed by atoms with Gasteiger partial charge in [-0.3, -0.25) is 0 Å². The summed E-state index contributed by atoms with van der Waals surface area (Å²) in [5, 5.41) is 0. The Bertz CT molecular complexity index is 575. The number of hydrogen-bond acceptors (Lipinski definition) is 2. The van der Waals surface area contributed by atoms with Gasteiger partial charge >= 0.3 is 0 Å². The topological polar surface area (TPSA) is 29.0 Å². The molecule has 4 heteroatoms. The zero-order valence-electron chi connectivity index (χ0n) is 12.5. The highest BCUT2D eigenvalue weighted by Crippen LogP contribution is 2.71. The van der Waals surface area contributed by atoms with Gasteiger partial charge in [0.25, 0.3) is 12.4 Å². The zero-order valence-corrected chi connectivity index (χ0v) is 14.1. The van der Waals surface area contributed by atoms with Gasteiger partial charge in [-0.05, 0) is 58.1 Å². The number of nitrogens with zero attached hydrogens (tertiary/aromatic N) is 1. The van der Waals surface area contributed by atoms with Crippen LogP contribution in [-0.2, 0) is 17.8 Å². The van der Waals surface area contributed by atoms with Crippen LogP contribution in [0.1, 0.15) is 31.2 Å². The molecule has 5 unspecified atom stereocenters. The van der Waals surface area contributed by atoms with Crippen molar-refractivity contribution in [3.63, 3.8) is 0 Å². The zero-order chi connectivity index (χ0) is 14.7. The van der Waals surface area contributed by atoms with Gasteiger partial charge in [-0.15, -0.1) is 0 Å². The molecule has 0 radical (unpaired) electrons. The Kier molecular flexibility index (Phi) is 3.13. The van der Waals surface area contributed by atoms with Crippen molar-refractivity contribution >= 4 is 24.2 Å². The van der Waals surface area contributed by atoms with Crippen molar-refractivity contribution in [1.82, 2.24) is 0 Å². The molecular formula is C17H23N2S2+. The van der Waals surface area contributed by atoms with Crippen LogP contribution in [0, 0.1) is 17.3 Å². The summed E-state index contributed by atoms with van der Waals surface area (Å²) in [4.78, 5) is 0. The largest absolute Gasteiger partial charge is 0.297 e. The van der Waals surface area contributed by atoms with Crippen LogP contribution in [0.5, 0.6) is 0 Å². The summed E-state index contributed by atoms with van der Waals surface area (Å²) in [6, 6.07) is 11.6. The lowest BCUT2D eigenvalue weighted by atomic mass is 9.63. The Labute approximate surface area is 136 Å². The Hall–Kier alpha value is -0.610. The fraction of sp³-hybridized carbons (Fsp3) is 0.647. The van der Waals surface area contributed by atoms with Gasteiger partial charge in [0, 0.05) is 11.8 Å². The molecule has 0 aromatic heterocycles. The molecule has 5 rings (SSSR count). The first kappa shape index (κ1) is 14.0. The van der Waals surface area contributed by atoms with Gasteiger partial charge in [0.15, 0.2) is 0 Å². The summed E-state index contributed by atoms with van der Waals surface area (Å²) in [5.74, 6) is 8.69. The minimum absolute atomic E-state index is 0.395. The van der Waals surface area contributed by atoms with Crippen molar-refractivity contribution in [3.05, 3.63) is 35.9 Å². The third-order valence-electron chi connectivity index (χ3n) is 6.42. The molecule has 0 saturated heterocycles. The van der Waals surface area contributed by atoms with Crippen LogP contribution in [0.25, 0.3) is 0 Å². The van der Waals surface area contributed by atoms with Gasteiger partial charge in [-0.1, -0.05) is 30.3 Å². The Morgan fingerprint density at radius 3 is 2.71 bits per heavy atom. The standard InChI is InChI=1S/C17H23N2S2/c1-21-11-17-8-12-7-16(10-17,13-5-3-2-4-6-13)9-14(17)15(12)19(18)20/h2-6,12,14-15H,7-11H2,1H3,(H2,18,20)/q+1. The van der Waals surface area contributed by atoms with E-state index in [-0.39, 0.29) is 0 Å². The van der Waals surface area contributed by atoms with Gasteiger partial charge in [0.1, 0.15) is 0 Å². The summed E-state index contributed by atoms with van der Waals surface area (Å²) in [7, 11) is 0. The second-order valence-corrected chi connectivity index (χ2v) is 8.74. The second-order valence-electron chi connectivity index (χ2n) is 7.45. The monoisotopic (exact) mass is 319 g/mol. The van der Waals surface area contributed by atoms with Gasteiger partial charge in [0.2, 0.25) is 6.04 Å². The van der Waals surface area contributed by atoms with E-state index in [0.717, 1.165) is 0 Å². The van der Waals surface area contributed by atoms with E-state index in [4.69, 9.17) is 18.3 Å². The van der Waals surface area contributed by atoms with E-state index in [1.54, 1.807) is 9.62 Å². The highest BCUT2D eigenvalue weighted by molar-refractivity contribution is 7.98. The molecule has 4 aliphatic carbocycles. The molecule has 112 valence electrons. The Morgan fingerprint density at radius 2 is 2.05 bits per heavy atom. The summed E-state index contributed by atoms with van der Waals surface area (Å²) >= 11 is 7.36. The molecule has 5 atom stereocenters. The molecule has 2 N–H and O–H groups in total. The third-order valence-corrected chi connectivity index (χ3v) is 7.52. The Morgan fingerprint density at radius 1 is 1.29 bits per heavy atom. The number of hydrogen-bond donors (Lipinski definition) is 1. The van der Waals surface area contributed by atoms with E-state index < -0.39 is 0 Å². The lowest BCUT2D eigenvalue weighted by molar-refractivity contribution is -0.566. The molecule has 21 heavy (non-hydrogen) atoms. The first-order valence-electron chi connectivity index (χ1n) is 7.86. The van der Waals surface area contributed by atoms with Crippen LogP contribution >= 0.6 is 11.8 Å². The minimum atomic E-state index is 0.395. The van der Waals surface area contributed by atoms with E-state index in [2.05, 4.69) is 36.6 Å². The first-order valence-corrected chi connectivity index (χ1v) is 9.62. The lowest BCUT2D eigenvalue weighted by Crippen LogP contribution is -2.45. The Balaban J connectivity index is 1.76. The van der Waals surface area contributed by atoms with E-state index in [0.29, 0.717) is 28.7 Å². The maximum atomic E-state index is 6.05. The SMILES string of the molecule is CSCC12CC3CC(c4ccccc4)(CC1C3[N+](N)=S)C2. The third kappa shape index (κ3) is 1.84. The predicted molar refractivity (Wildman–Crippen MR) is 90.0 cm³/mol. The highest BCUT2D eigenvalue weighted by atomic mass is 32.2. The van der Waals surface area contributed by atoms with Gasteiger partial charge in [-0.25, -0.2) is 0 Å². The molecule has 1 aromatic rings. The maximum Gasteiger partial charge on any atom is 0.297 e. The molecule has 4 aliphatic rings. The van der Waals surface area contributed by atoms with Gasteiger partial charge in [-0.2, -0.15) is 17.6 Å². The van der Waals surface area contributed by atoms with Crippen LogP contribution in [0.3, 0.4) is 0 Å². The molecule has 0 amide bonds. The van der Waals surface area contributed by atoms with Crippen LogP contribution in [0.4, 0.5) is 0 Å². The highest BCUT2D eigenvalue weighted by Gasteiger charge is 2.71. The minimum Gasteiger partial charge on any atom is -0.197 e. The molecule has 4 bridgehead atoms. The van der Waals surface area contributed by atoms with E-state index in [1.807, 2.05) is 11.8 Å². The quantitative estimate of drug-likeness (QED) is 0.525. The number of nitrogens with two attached hydrogens (primary N) is 1.